The van der Waals surface area contributed by atoms with E-state index in [1.54, 1.807) is 115 Å². The average molecular weight is 2350 g/mol. The van der Waals surface area contributed by atoms with Crippen molar-refractivity contribution in [3.8, 4) is 17.2 Å². The Balaban J connectivity index is 0.000000212. The summed E-state index contributed by atoms with van der Waals surface area (Å²) in [6, 6.07) is 55.9. The van der Waals surface area contributed by atoms with Crippen molar-refractivity contribution < 1.29 is 67.3 Å². The number of nitrogens with one attached hydrogen (secondary N) is 1. The molecule has 5 aliphatic heterocycles. The largest absolute Gasteiger partial charge is 2.00 e. The molecule has 4 fully saturated rings. The molecular formula is C99H109Br5Cl3FMgN8O13P6. The molecule has 1 aliphatic carbocycles. The predicted molar refractivity (Wildman–Crippen MR) is 571 cm³/mol. The van der Waals surface area contributed by atoms with Crippen molar-refractivity contribution in [3.05, 3.63) is 340 Å². The van der Waals surface area contributed by atoms with Crippen molar-refractivity contribution in [2.24, 2.45) is 5.92 Å². The third kappa shape index (κ3) is 26.7. The van der Waals surface area contributed by atoms with Gasteiger partial charge in [-0.3, -0.25) is 32.6 Å². The fourth-order valence-corrected chi connectivity index (χ4v) is 31.6. The van der Waals surface area contributed by atoms with Crippen molar-refractivity contribution in [1.82, 2.24) is 38.5 Å². The van der Waals surface area contributed by atoms with E-state index in [1.165, 1.54) is 11.6 Å². The normalized spacial score (nSPS) is 17.7. The topological polar surface area (TPSA) is 259 Å². The molecule has 0 spiro atoms. The average Bonchev–Trinajstić information content (AvgIpc) is 1.52. The second-order valence-corrected chi connectivity index (χ2v) is 57.3. The minimum Gasteiger partial charge on any atom is -1.00 e. The van der Waals surface area contributed by atoms with Crippen LogP contribution in [0.15, 0.2) is 281 Å². The van der Waals surface area contributed by atoms with E-state index in [4.69, 9.17) is 45.9 Å². The van der Waals surface area contributed by atoms with Gasteiger partial charge in [0.15, 0.2) is 5.82 Å². The minimum atomic E-state index is -3.11. The van der Waals surface area contributed by atoms with Crippen molar-refractivity contribution in [2.45, 2.75) is 110 Å². The van der Waals surface area contributed by atoms with Gasteiger partial charge >= 0.3 is 42.1 Å². The molecule has 3 atom stereocenters. The molecule has 1 N–H and O–H groups in total. The molecule has 1 saturated carbocycles. The summed E-state index contributed by atoms with van der Waals surface area (Å²) >= 11 is 27.5. The molecule has 136 heavy (non-hydrogen) atoms. The number of carbonyl (C=O) groups excluding carboxylic acids is 1. The van der Waals surface area contributed by atoms with E-state index in [-0.39, 0.29) is 58.8 Å². The molecule has 37 heteroatoms. The van der Waals surface area contributed by atoms with Crippen LogP contribution in [0.25, 0.3) is 28.1 Å². The number of ether oxygens (including phenoxy) is 1. The zero-order valence-electron chi connectivity index (χ0n) is 76.5. The molecule has 0 bridgehead atoms. The SMILES string of the molecule is C=CCP(=O)(CC=C)c1ccc(Br)cc1.C=C[CH2-].CCOP(=O)(OCC)c1ccc(Br)cc1.Cc1cc(-n2nc3c(c2-n2ccn(-c4ccc(P5(=O)CCCC5)cc4)c2=O)[C@H](C)N(C(=O)c2cc4cc(C5CCOCC5)ccc4n2[C@@]2(c4noc(=O)[nH]4)C[C@@H]2C)CC3)cc(C)c1F.O=P(Cl)(Cl)c1ccc(Br)cc1.O=P1(c2ccc(Br)cc2)CC=CC1.O=P1(c2ccc(Br)cc2)CCCC1.[Cl-].[Mg+2]. The summed E-state index contributed by atoms with van der Waals surface area (Å²) in [5, 5.41) is 15.0. The molecule has 9 heterocycles. The number of benzene rings is 8. The third-order valence-corrected chi connectivity index (χ3v) is 43.6. The van der Waals surface area contributed by atoms with Crippen LogP contribution in [-0.4, -0.2) is 150 Å². The molecule has 1 amide bonds. The predicted octanol–water partition coefficient (Wildman–Crippen LogP) is 22.2. The number of allylic oxidation sites excluding steroid dienone is 5. The Hall–Kier alpha value is -6.01. The molecule has 18 rings (SSSR count). The Kier molecular flexibility index (Phi) is 41.0. The summed E-state index contributed by atoms with van der Waals surface area (Å²) in [5.74, 6) is -3.11. The van der Waals surface area contributed by atoms with E-state index in [1.807, 2.05) is 144 Å². The quantitative estimate of drug-likeness (QED) is 0.0303. The molecule has 718 valence electrons. The van der Waals surface area contributed by atoms with E-state index in [0.29, 0.717) is 132 Å². The summed E-state index contributed by atoms with van der Waals surface area (Å²) < 4.78 is 122. The number of aromatic nitrogens is 7. The number of fused-ring (bicyclic) bond motifs is 2. The zero-order valence-corrected chi connectivity index (χ0v) is 93.5. The van der Waals surface area contributed by atoms with Crippen LogP contribution < -0.4 is 55.7 Å². The molecule has 4 aromatic heterocycles. The number of rotatable bonds is 21. The fraction of sp³-hybridized carbons (Fsp3) is 0.313. The van der Waals surface area contributed by atoms with Gasteiger partial charge in [-0.05, 0) is 270 Å². The summed E-state index contributed by atoms with van der Waals surface area (Å²) in [6.45, 7) is 27.3. The van der Waals surface area contributed by atoms with E-state index in [2.05, 4.69) is 142 Å². The van der Waals surface area contributed by atoms with Gasteiger partial charge in [-0.2, -0.15) is 5.10 Å². The maximum Gasteiger partial charge on any atom is 2.00 e. The molecule has 3 saturated heterocycles. The van der Waals surface area contributed by atoms with Gasteiger partial charge in [-0.15, -0.1) is 13.2 Å². The number of aromatic amines is 1. The van der Waals surface area contributed by atoms with Crippen LogP contribution in [0.3, 0.4) is 0 Å². The van der Waals surface area contributed by atoms with Crippen LogP contribution in [-0.2, 0) is 53.1 Å². The summed E-state index contributed by atoms with van der Waals surface area (Å²) in [6.07, 6.45) is 25.2. The summed E-state index contributed by atoms with van der Waals surface area (Å²) in [7, 11) is -11.9. The monoisotopic (exact) mass is 2350 g/mol. The van der Waals surface area contributed by atoms with Crippen LogP contribution >= 0.6 is 144 Å². The number of hydrogen-bond donors (Lipinski definition) is 1. The molecule has 6 aliphatic rings. The summed E-state index contributed by atoms with van der Waals surface area (Å²) in [4.78, 5) is 47.2. The standard InChI is InChI=1S/C48H50FN8O6P.C12H14BrOP.C10H14BrO3P.C10H12BrOP.C10H10BrOP.C6H4BrCl2OP.C3H5.ClH.Mg/c1-28-23-36(24-29(2)42(28)49)57-43(55-18-17-54(47(55)60)35-8-10-37(11-9-35)64(61)21-5-6-22-64)41-31(4)53(16-13-38(41)51-57)44(58)40-26-34-25-33(32-14-19-62-20-15-32)7-12-39(34)56(40)48(27-30(48)3)45-50-46(59)63-52-45;1-3-9-15(14,10-4-2)12-7-5-11(13)6-8-12;1-3-13-15(12,14-4-2)10-7-5-9(11)6-8-10;2*11-9-3-5-10(6-4-9)13(12)7-1-2-8-13;7-5-1-3-6(4-2-5)11(8,9)10;1-3-2;;/h7-12,17-18,23-26,30-32H,5-6,13-16,19-22,27H2,1-4H3,(H,50,52,59);3-8H,1-2,9-10H2;5-8H,3-4H2,1-2H3;3-6H,1-2,7-8H2;1-6H,7-8H2;1-4H;3H,1-2H2;1H;/q;;;;;;-1;;+2/p-1/t30-,31-,48-;;;;;;;;/m0......../s1. The molecule has 21 nitrogen and oxygen atoms in total. The Morgan fingerprint density at radius 1 is 0.640 bits per heavy atom. The van der Waals surface area contributed by atoms with Crippen LogP contribution in [0.5, 0.6) is 0 Å². The molecule has 8 aromatic carbocycles. The number of aryl methyl sites for hydroxylation is 2. The van der Waals surface area contributed by atoms with Crippen LogP contribution in [0.4, 0.5) is 4.39 Å². The molecule has 0 radical (unpaired) electrons. The Morgan fingerprint density at radius 2 is 1.09 bits per heavy atom. The van der Waals surface area contributed by atoms with E-state index < -0.39 is 59.3 Å². The van der Waals surface area contributed by atoms with E-state index >= 15 is 9.18 Å². The summed E-state index contributed by atoms with van der Waals surface area (Å²) in [5.41, 5.74) is 4.84. The van der Waals surface area contributed by atoms with Crippen LogP contribution in [0, 0.1) is 32.5 Å². The Bertz CT molecular complexity index is 6540. The van der Waals surface area contributed by atoms with Gasteiger partial charge in [0, 0.05) is 153 Å². The maximum atomic E-state index is 15.5. The second-order valence-electron chi connectivity index (χ2n) is 33.4. The Labute approximate surface area is 869 Å². The number of nitrogens with zero attached hydrogens (tertiary/aromatic N) is 7. The van der Waals surface area contributed by atoms with Gasteiger partial charge in [-0.25, -0.2) is 38.2 Å². The first-order valence-electron chi connectivity index (χ1n) is 44.1. The first-order chi connectivity index (χ1) is 63.9. The number of carbonyl (C=O) groups is 1. The molecule has 12 aromatic rings. The number of amides is 1. The third-order valence-electron chi connectivity index (χ3n) is 24.4. The molecule has 0 unspecified atom stereocenters. The van der Waals surface area contributed by atoms with E-state index in [9.17, 15) is 37.0 Å². The van der Waals surface area contributed by atoms with Crippen molar-refractivity contribution >= 4 is 216 Å². The van der Waals surface area contributed by atoms with E-state index in [0.717, 1.165) is 123 Å². The van der Waals surface area contributed by atoms with Crippen molar-refractivity contribution in [1.29, 1.82) is 0 Å². The van der Waals surface area contributed by atoms with Crippen LogP contribution in [0.1, 0.15) is 129 Å². The van der Waals surface area contributed by atoms with Gasteiger partial charge in [0.1, 0.15) is 51.4 Å². The Morgan fingerprint density at radius 3 is 1.54 bits per heavy atom. The van der Waals surface area contributed by atoms with Gasteiger partial charge in [-0.1, -0.05) is 158 Å². The minimum absolute atomic E-state index is 0. The first kappa shape index (κ1) is 112. The number of imidazole rings is 1. The van der Waals surface area contributed by atoms with Gasteiger partial charge in [0.05, 0.1) is 41.6 Å². The number of hydrogen-bond acceptors (Lipinski definition) is 15. The molecular weight excluding hydrogens is 2240 g/mol. The van der Waals surface area contributed by atoms with Gasteiger partial charge in [0.2, 0.25) is 0 Å². The second kappa shape index (κ2) is 49.8. The van der Waals surface area contributed by atoms with Crippen LogP contribution in [0.2, 0.25) is 0 Å². The van der Waals surface area contributed by atoms with Crippen molar-refractivity contribution in [3.63, 3.8) is 0 Å². The smallest absolute Gasteiger partial charge is 1.00 e. The maximum absolute atomic E-state index is 15.5. The van der Waals surface area contributed by atoms with Crippen molar-refractivity contribution in [2.75, 3.05) is 82.3 Å². The first-order valence-corrected chi connectivity index (χ1v) is 61.5. The number of H-pyrrole nitrogens is 1. The van der Waals surface area contributed by atoms with Gasteiger partial charge in [0.25, 0.3) is 11.8 Å². The van der Waals surface area contributed by atoms with Gasteiger partial charge < -0.3 is 53.9 Å². The fourth-order valence-electron chi connectivity index (χ4n) is 17.4. The zero-order chi connectivity index (χ0) is 96.7. The number of halogens is 9.